The van der Waals surface area contributed by atoms with Crippen molar-refractivity contribution in [1.29, 1.82) is 0 Å². The van der Waals surface area contributed by atoms with E-state index >= 15 is 0 Å². The van der Waals surface area contributed by atoms with Crippen LogP contribution in [-0.2, 0) is 4.74 Å². The molecule has 0 radical (unpaired) electrons. The molecule has 0 spiro atoms. The van der Waals surface area contributed by atoms with Crippen LogP contribution in [0.3, 0.4) is 0 Å². The highest BCUT2D eigenvalue weighted by Gasteiger charge is 2.21. The number of hydrogen-bond donors (Lipinski definition) is 1. The highest BCUT2D eigenvalue weighted by Crippen LogP contribution is 2.30. The van der Waals surface area contributed by atoms with Crippen molar-refractivity contribution in [3.05, 3.63) is 47.5 Å². The number of rotatable bonds is 7. The second kappa shape index (κ2) is 10.2. The molecule has 1 N–H and O–H groups in total. The predicted octanol–water partition coefficient (Wildman–Crippen LogP) is 2.88. The van der Waals surface area contributed by atoms with Crippen molar-refractivity contribution >= 4 is 23.3 Å². The number of hydrogen-bond acceptors (Lipinski definition) is 7. The van der Waals surface area contributed by atoms with Crippen molar-refractivity contribution in [2.45, 2.75) is 6.92 Å². The first-order valence-electron chi connectivity index (χ1n) is 10.2. The average Bonchev–Trinajstić information content (AvgIpc) is 2.83. The third-order valence-corrected chi connectivity index (χ3v) is 5.44. The summed E-state index contributed by atoms with van der Waals surface area (Å²) in [5, 5.41) is 2.96. The minimum atomic E-state index is -0.457. The van der Waals surface area contributed by atoms with Crippen LogP contribution < -0.4 is 19.7 Å². The zero-order valence-electron chi connectivity index (χ0n) is 18.4. The molecule has 0 aliphatic carbocycles. The quantitative estimate of drug-likeness (QED) is 0.681. The van der Waals surface area contributed by atoms with Crippen LogP contribution >= 0.6 is 0 Å². The number of benzene rings is 2. The van der Waals surface area contributed by atoms with Gasteiger partial charge in [-0.2, -0.15) is 0 Å². The average molecular weight is 428 g/mol. The number of anilines is 2. The predicted molar refractivity (Wildman–Crippen MR) is 120 cm³/mol. The van der Waals surface area contributed by atoms with Gasteiger partial charge in [0.1, 0.15) is 11.5 Å². The summed E-state index contributed by atoms with van der Waals surface area (Å²) in [4.78, 5) is 29.7. The van der Waals surface area contributed by atoms with E-state index in [1.54, 1.807) is 30.3 Å². The number of amides is 1. The molecule has 1 amide bonds. The minimum Gasteiger partial charge on any atom is -0.497 e. The topological polar surface area (TPSA) is 80.3 Å². The van der Waals surface area contributed by atoms with E-state index in [1.165, 1.54) is 21.3 Å². The van der Waals surface area contributed by atoms with E-state index in [-0.39, 0.29) is 5.91 Å². The van der Waals surface area contributed by atoms with Gasteiger partial charge in [0.15, 0.2) is 0 Å². The summed E-state index contributed by atoms with van der Waals surface area (Å²) in [5.41, 5.74) is 2.18. The number of ether oxygens (including phenoxy) is 3. The highest BCUT2D eigenvalue weighted by atomic mass is 16.5. The Hall–Kier alpha value is -3.26. The van der Waals surface area contributed by atoms with E-state index in [1.807, 2.05) is 6.07 Å². The molecule has 0 aromatic heterocycles. The zero-order valence-corrected chi connectivity index (χ0v) is 18.4. The monoisotopic (exact) mass is 427 g/mol. The molecule has 0 atom stereocenters. The fourth-order valence-corrected chi connectivity index (χ4v) is 3.59. The summed E-state index contributed by atoms with van der Waals surface area (Å²) in [5.74, 6) is 0.251. The minimum absolute atomic E-state index is 0.326. The highest BCUT2D eigenvalue weighted by molar-refractivity contribution is 6.07. The van der Waals surface area contributed by atoms with E-state index in [0.29, 0.717) is 28.3 Å². The zero-order chi connectivity index (χ0) is 22.4. The van der Waals surface area contributed by atoms with Gasteiger partial charge >= 0.3 is 5.97 Å². The Balaban J connectivity index is 1.92. The Kier molecular flexibility index (Phi) is 7.36. The summed E-state index contributed by atoms with van der Waals surface area (Å²) < 4.78 is 15.4. The van der Waals surface area contributed by atoms with Crippen molar-refractivity contribution in [3.63, 3.8) is 0 Å². The van der Waals surface area contributed by atoms with E-state index in [0.717, 1.165) is 38.4 Å². The van der Waals surface area contributed by atoms with Gasteiger partial charge in [0.25, 0.3) is 5.91 Å². The maximum atomic E-state index is 13.1. The van der Waals surface area contributed by atoms with Gasteiger partial charge in [0.05, 0.1) is 38.3 Å². The molecule has 8 heteroatoms. The Labute approximate surface area is 182 Å². The molecule has 0 unspecified atom stereocenters. The standard InChI is InChI=1S/C23H29N3O5/c1-5-25-8-10-26(11-9-25)21-7-6-16(23(28)31-4)14-20(21)24-22(27)17-12-18(29-2)15-19(13-17)30-3/h6-7,12-15H,5,8-11H2,1-4H3,(H,24,27). The summed E-state index contributed by atoms with van der Waals surface area (Å²) in [6, 6.07) is 10.2. The molecular formula is C23H29N3O5. The molecular weight excluding hydrogens is 398 g/mol. The molecule has 2 aromatic carbocycles. The molecule has 1 heterocycles. The summed E-state index contributed by atoms with van der Waals surface area (Å²) >= 11 is 0. The first kappa shape index (κ1) is 22.4. The lowest BCUT2D eigenvalue weighted by molar-refractivity contribution is 0.0600. The molecule has 1 saturated heterocycles. The number of nitrogens with zero attached hydrogens (tertiary/aromatic N) is 2. The fourth-order valence-electron chi connectivity index (χ4n) is 3.59. The lowest BCUT2D eigenvalue weighted by Gasteiger charge is -2.36. The summed E-state index contributed by atoms with van der Waals surface area (Å²) in [7, 11) is 4.40. The smallest absolute Gasteiger partial charge is 0.337 e. The number of nitrogens with one attached hydrogen (secondary N) is 1. The molecule has 0 saturated carbocycles. The summed E-state index contributed by atoms with van der Waals surface area (Å²) in [6.07, 6.45) is 0. The van der Waals surface area contributed by atoms with Gasteiger partial charge in [0, 0.05) is 37.8 Å². The van der Waals surface area contributed by atoms with Gasteiger partial charge in [-0.25, -0.2) is 4.79 Å². The SMILES string of the molecule is CCN1CCN(c2ccc(C(=O)OC)cc2NC(=O)c2cc(OC)cc(OC)c2)CC1. The maximum absolute atomic E-state index is 13.1. The molecule has 8 nitrogen and oxygen atoms in total. The lowest BCUT2D eigenvalue weighted by Crippen LogP contribution is -2.46. The van der Waals surface area contributed by atoms with Crippen LogP contribution in [0.25, 0.3) is 0 Å². The second-order valence-corrected chi connectivity index (χ2v) is 7.20. The Morgan fingerprint density at radius 3 is 2.10 bits per heavy atom. The Bertz CT molecular complexity index is 917. The largest absolute Gasteiger partial charge is 0.497 e. The number of piperazine rings is 1. The molecule has 166 valence electrons. The number of carbonyl (C=O) groups excluding carboxylic acids is 2. The molecule has 1 fully saturated rings. The van der Waals surface area contributed by atoms with Gasteiger partial charge in [-0.05, 0) is 36.9 Å². The molecule has 3 rings (SSSR count). The van der Waals surface area contributed by atoms with Crippen LogP contribution in [0, 0.1) is 0 Å². The number of carbonyl (C=O) groups is 2. The van der Waals surface area contributed by atoms with E-state index in [9.17, 15) is 9.59 Å². The van der Waals surface area contributed by atoms with E-state index < -0.39 is 5.97 Å². The maximum Gasteiger partial charge on any atom is 0.337 e. The molecule has 1 aliphatic heterocycles. The van der Waals surface area contributed by atoms with Crippen LogP contribution in [0.1, 0.15) is 27.6 Å². The van der Waals surface area contributed by atoms with Crippen LogP contribution in [0.15, 0.2) is 36.4 Å². The fraction of sp³-hybridized carbons (Fsp3) is 0.391. The van der Waals surface area contributed by atoms with Gasteiger partial charge in [0.2, 0.25) is 0 Å². The Morgan fingerprint density at radius 2 is 1.55 bits per heavy atom. The van der Waals surface area contributed by atoms with Crippen LogP contribution in [-0.4, -0.2) is 70.8 Å². The van der Waals surface area contributed by atoms with Gasteiger partial charge in [-0.15, -0.1) is 0 Å². The lowest BCUT2D eigenvalue weighted by atomic mass is 10.1. The first-order chi connectivity index (χ1) is 15.0. The van der Waals surface area contributed by atoms with Crippen LogP contribution in [0.5, 0.6) is 11.5 Å². The summed E-state index contributed by atoms with van der Waals surface area (Å²) in [6.45, 7) is 6.71. The van der Waals surface area contributed by atoms with Gasteiger partial charge in [-0.1, -0.05) is 6.92 Å². The molecule has 0 bridgehead atoms. The van der Waals surface area contributed by atoms with E-state index in [4.69, 9.17) is 14.2 Å². The van der Waals surface area contributed by atoms with Crippen molar-refractivity contribution < 1.29 is 23.8 Å². The molecule has 31 heavy (non-hydrogen) atoms. The van der Waals surface area contributed by atoms with Crippen molar-refractivity contribution in [1.82, 2.24) is 4.90 Å². The third kappa shape index (κ3) is 5.27. The first-order valence-corrected chi connectivity index (χ1v) is 10.2. The normalized spacial score (nSPS) is 14.1. The third-order valence-electron chi connectivity index (χ3n) is 5.44. The van der Waals surface area contributed by atoms with Gasteiger partial charge in [-0.3, -0.25) is 4.79 Å². The number of methoxy groups -OCH3 is 3. The van der Waals surface area contributed by atoms with E-state index in [2.05, 4.69) is 22.0 Å². The van der Waals surface area contributed by atoms with Gasteiger partial charge < -0.3 is 29.3 Å². The number of likely N-dealkylation sites (N-methyl/N-ethyl adjacent to an activating group) is 1. The van der Waals surface area contributed by atoms with Crippen molar-refractivity contribution in [2.75, 3.05) is 64.3 Å². The Morgan fingerprint density at radius 1 is 0.903 bits per heavy atom. The van der Waals surface area contributed by atoms with Crippen molar-refractivity contribution in [2.24, 2.45) is 0 Å². The van der Waals surface area contributed by atoms with Crippen LogP contribution in [0.2, 0.25) is 0 Å². The molecule has 2 aromatic rings. The second-order valence-electron chi connectivity index (χ2n) is 7.20. The molecule has 1 aliphatic rings. The number of esters is 1. The van der Waals surface area contributed by atoms with Crippen molar-refractivity contribution in [3.8, 4) is 11.5 Å². The van der Waals surface area contributed by atoms with Crippen LogP contribution in [0.4, 0.5) is 11.4 Å².